The molecule has 0 saturated heterocycles. The van der Waals surface area contributed by atoms with Crippen LogP contribution < -0.4 is 4.74 Å². The maximum Gasteiger partial charge on any atom is 0.421 e. The predicted molar refractivity (Wildman–Crippen MR) is 71.8 cm³/mol. The van der Waals surface area contributed by atoms with E-state index >= 15 is 0 Å². The molecule has 0 saturated carbocycles. The van der Waals surface area contributed by atoms with E-state index in [1.807, 2.05) is 6.92 Å². The summed E-state index contributed by atoms with van der Waals surface area (Å²) < 4.78 is 43.2. The van der Waals surface area contributed by atoms with Crippen LogP contribution in [-0.2, 0) is 10.4 Å². The number of hydrogen-bond donors (Lipinski definition) is 1. The lowest BCUT2D eigenvalue weighted by atomic mass is 9.90. The van der Waals surface area contributed by atoms with Crippen molar-refractivity contribution >= 4 is 5.97 Å². The van der Waals surface area contributed by atoms with E-state index in [1.165, 1.54) is 12.1 Å². The van der Waals surface area contributed by atoms with Crippen LogP contribution in [0.3, 0.4) is 0 Å². The van der Waals surface area contributed by atoms with Crippen molar-refractivity contribution < 1.29 is 27.8 Å². The Kier molecular flexibility index (Phi) is 4.73. The Morgan fingerprint density at radius 1 is 1.14 bits per heavy atom. The molecule has 6 heteroatoms. The molecule has 21 heavy (non-hydrogen) atoms. The molecule has 0 aliphatic carbocycles. The molecule has 1 unspecified atom stereocenters. The Hall–Kier alpha value is -1.56. The second-order valence-corrected chi connectivity index (χ2v) is 5.72. The lowest BCUT2D eigenvalue weighted by Gasteiger charge is -2.27. The van der Waals surface area contributed by atoms with Crippen molar-refractivity contribution in [3.63, 3.8) is 0 Å². The zero-order chi connectivity index (χ0) is 16.5. The van der Waals surface area contributed by atoms with Crippen molar-refractivity contribution in [1.29, 1.82) is 0 Å². The number of halogens is 3. The zero-order valence-corrected chi connectivity index (χ0v) is 12.4. The van der Waals surface area contributed by atoms with E-state index < -0.39 is 23.2 Å². The fourth-order valence-electron chi connectivity index (χ4n) is 1.40. The summed E-state index contributed by atoms with van der Waals surface area (Å²) >= 11 is 0. The summed E-state index contributed by atoms with van der Waals surface area (Å²) in [6.07, 6.45) is -4.21. The Bertz CT molecular complexity index is 502. The summed E-state index contributed by atoms with van der Waals surface area (Å²) in [5.41, 5.74) is -3.93. The fourth-order valence-corrected chi connectivity index (χ4v) is 1.40. The quantitative estimate of drug-likeness (QED) is 0.680. The number of hydrogen-bond acceptors (Lipinski definition) is 3. The third kappa shape index (κ3) is 3.75. The van der Waals surface area contributed by atoms with Gasteiger partial charge < -0.3 is 9.84 Å². The molecule has 0 amide bonds. The molecule has 0 aromatic heterocycles. The highest BCUT2D eigenvalue weighted by Gasteiger charge is 2.51. The van der Waals surface area contributed by atoms with E-state index in [9.17, 15) is 23.1 Å². The molecule has 3 nitrogen and oxygen atoms in total. The van der Waals surface area contributed by atoms with E-state index in [1.54, 1.807) is 13.8 Å². The van der Waals surface area contributed by atoms with Crippen LogP contribution in [0.4, 0.5) is 13.2 Å². The standard InChI is InChI=1S/C15H19F3O3/c1-5-13(2,3)12(19)21-11-8-6-10(7-9-11)14(4,20)15(16,17)18/h6-9,20H,5H2,1-4H3. The third-order valence-electron chi connectivity index (χ3n) is 3.62. The highest BCUT2D eigenvalue weighted by atomic mass is 19.4. The zero-order valence-electron chi connectivity index (χ0n) is 12.4. The molecule has 0 radical (unpaired) electrons. The van der Waals surface area contributed by atoms with Crippen molar-refractivity contribution in [2.24, 2.45) is 5.41 Å². The average molecular weight is 304 g/mol. The summed E-state index contributed by atoms with van der Waals surface area (Å²) in [7, 11) is 0. The first-order valence-electron chi connectivity index (χ1n) is 6.53. The van der Waals surface area contributed by atoms with Crippen molar-refractivity contribution in [3.8, 4) is 5.75 Å². The maximum absolute atomic E-state index is 12.7. The number of benzene rings is 1. The van der Waals surface area contributed by atoms with Crippen LogP contribution in [0.15, 0.2) is 24.3 Å². The molecule has 0 bridgehead atoms. The summed E-state index contributed by atoms with van der Waals surface area (Å²) in [5.74, 6) is -0.316. The molecule has 1 aromatic carbocycles. The molecule has 1 aromatic rings. The van der Waals surface area contributed by atoms with Crippen LogP contribution in [0.25, 0.3) is 0 Å². The summed E-state index contributed by atoms with van der Waals surface area (Å²) in [4.78, 5) is 11.9. The topological polar surface area (TPSA) is 46.5 Å². The van der Waals surface area contributed by atoms with E-state index in [0.29, 0.717) is 13.3 Å². The van der Waals surface area contributed by atoms with Gasteiger partial charge >= 0.3 is 12.1 Å². The van der Waals surface area contributed by atoms with Crippen LogP contribution in [-0.4, -0.2) is 17.3 Å². The number of aliphatic hydroxyl groups is 1. The molecule has 118 valence electrons. The van der Waals surface area contributed by atoms with E-state index in [-0.39, 0.29) is 11.3 Å². The highest BCUT2D eigenvalue weighted by Crippen LogP contribution is 2.38. The molecule has 1 atom stereocenters. The SMILES string of the molecule is CCC(C)(C)C(=O)Oc1ccc(C(C)(O)C(F)(F)F)cc1. The number of carbonyl (C=O) groups is 1. The van der Waals surface area contributed by atoms with Gasteiger partial charge in [0.15, 0.2) is 5.60 Å². The van der Waals surface area contributed by atoms with Crippen molar-refractivity contribution in [2.45, 2.75) is 45.9 Å². The number of carbonyl (C=O) groups excluding carboxylic acids is 1. The van der Waals surface area contributed by atoms with Crippen molar-refractivity contribution in [2.75, 3.05) is 0 Å². The molecule has 1 rings (SSSR count). The van der Waals surface area contributed by atoms with Gasteiger partial charge in [0, 0.05) is 0 Å². The normalized spacial score (nSPS) is 15.4. The monoisotopic (exact) mass is 304 g/mol. The second-order valence-electron chi connectivity index (χ2n) is 5.72. The van der Waals surface area contributed by atoms with Gasteiger partial charge in [-0.1, -0.05) is 19.1 Å². The smallest absolute Gasteiger partial charge is 0.421 e. The number of rotatable bonds is 4. The molecule has 0 aliphatic rings. The molecule has 0 heterocycles. The fraction of sp³-hybridized carbons (Fsp3) is 0.533. The first kappa shape index (κ1) is 17.5. The molecular weight excluding hydrogens is 285 g/mol. The molecular formula is C15H19F3O3. The van der Waals surface area contributed by atoms with Gasteiger partial charge in [-0.25, -0.2) is 0 Å². The Balaban J connectivity index is 2.92. The minimum atomic E-state index is -4.78. The number of esters is 1. The number of ether oxygens (including phenoxy) is 1. The van der Waals surface area contributed by atoms with Gasteiger partial charge in [0.2, 0.25) is 0 Å². The van der Waals surface area contributed by atoms with Gasteiger partial charge in [-0.3, -0.25) is 4.79 Å². The summed E-state index contributed by atoms with van der Waals surface area (Å²) in [5, 5.41) is 9.53. The van der Waals surface area contributed by atoms with Crippen LogP contribution in [0, 0.1) is 5.41 Å². The first-order valence-corrected chi connectivity index (χ1v) is 6.53. The molecule has 0 spiro atoms. The van der Waals surface area contributed by atoms with Crippen molar-refractivity contribution in [1.82, 2.24) is 0 Å². The van der Waals surface area contributed by atoms with E-state index in [0.717, 1.165) is 12.1 Å². The van der Waals surface area contributed by atoms with Gasteiger partial charge in [0.1, 0.15) is 5.75 Å². The number of alkyl halides is 3. The van der Waals surface area contributed by atoms with Crippen LogP contribution in [0.5, 0.6) is 5.75 Å². The van der Waals surface area contributed by atoms with Crippen molar-refractivity contribution in [3.05, 3.63) is 29.8 Å². The van der Waals surface area contributed by atoms with Gasteiger partial charge in [-0.05, 0) is 44.9 Å². The minimum absolute atomic E-state index is 0.142. The molecule has 0 aliphatic heterocycles. The summed E-state index contributed by atoms with van der Waals surface area (Å²) in [6.45, 7) is 5.95. The average Bonchev–Trinajstić information content (AvgIpc) is 2.38. The highest BCUT2D eigenvalue weighted by molar-refractivity contribution is 5.78. The Morgan fingerprint density at radius 2 is 1.62 bits per heavy atom. The van der Waals surface area contributed by atoms with E-state index in [2.05, 4.69) is 0 Å². The Labute approximate surface area is 121 Å². The van der Waals surface area contributed by atoms with Crippen LogP contribution >= 0.6 is 0 Å². The second kappa shape index (κ2) is 5.67. The van der Waals surface area contributed by atoms with Gasteiger partial charge in [-0.15, -0.1) is 0 Å². The minimum Gasteiger partial charge on any atom is -0.426 e. The summed E-state index contributed by atoms with van der Waals surface area (Å²) in [6, 6.07) is 4.66. The maximum atomic E-state index is 12.7. The van der Waals surface area contributed by atoms with Crippen LogP contribution in [0.2, 0.25) is 0 Å². The lowest BCUT2D eigenvalue weighted by molar-refractivity contribution is -0.258. The first-order chi connectivity index (χ1) is 9.41. The largest absolute Gasteiger partial charge is 0.426 e. The van der Waals surface area contributed by atoms with E-state index in [4.69, 9.17) is 4.74 Å². The van der Waals surface area contributed by atoms with Gasteiger partial charge in [0.25, 0.3) is 0 Å². The van der Waals surface area contributed by atoms with Gasteiger partial charge in [0.05, 0.1) is 5.41 Å². The third-order valence-corrected chi connectivity index (χ3v) is 3.62. The Morgan fingerprint density at radius 3 is 2.00 bits per heavy atom. The predicted octanol–water partition coefficient (Wildman–Crippen LogP) is 3.80. The lowest BCUT2D eigenvalue weighted by Crippen LogP contribution is -2.39. The van der Waals surface area contributed by atoms with Gasteiger partial charge in [-0.2, -0.15) is 13.2 Å². The van der Waals surface area contributed by atoms with Crippen LogP contribution in [0.1, 0.15) is 39.7 Å². The molecule has 0 fully saturated rings. The molecule has 1 N–H and O–H groups in total.